The topological polar surface area (TPSA) is 31.4 Å². The second-order valence-electron chi connectivity index (χ2n) is 5.92. The van der Waals surface area contributed by atoms with Gasteiger partial charge in [-0.05, 0) is 42.2 Å². The predicted octanol–water partition coefficient (Wildman–Crippen LogP) is 5.63. The zero-order chi connectivity index (χ0) is 18.7. The number of ether oxygens (including phenoxy) is 2. The lowest BCUT2D eigenvalue weighted by Crippen LogP contribution is -2.08. The lowest BCUT2D eigenvalue weighted by atomic mass is 10.1. The molecule has 1 aromatic carbocycles. The van der Waals surface area contributed by atoms with Crippen molar-refractivity contribution < 1.29 is 22.6 Å². The number of pyridine rings is 1. The number of aromatic nitrogens is 1. The summed E-state index contributed by atoms with van der Waals surface area (Å²) in [6.45, 7) is 0.104. The third kappa shape index (κ3) is 4.38. The monoisotopic (exact) mass is 427 g/mol. The molecular formula is C19H17BrF3NO2. The quantitative estimate of drug-likeness (QED) is 0.559. The summed E-state index contributed by atoms with van der Waals surface area (Å²) < 4.78 is 48.8. The van der Waals surface area contributed by atoms with Crippen LogP contribution < -0.4 is 9.47 Å². The molecule has 2 aromatic rings. The summed E-state index contributed by atoms with van der Waals surface area (Å²) in [4.78, 5) is 3.43. The Morgan fingerprint density at radius 3 is 2.46 bits per heavy atom. The van der Waals surface area contributed by atoms with E-state index in [9.17, 15) is 13.2 Å². The van der Waals surface area contributed by atoms with Gasteiger partial charge < -0.3 is 9.47 Å². The Hall–Kier alpha value is -2.02. The molecule has 0 spiro atoms. The number of nitrogens with zero attached hydrogens (tertiary/aromatic N) is 1. The van der Waals surface area contributed by atoms with E-state index in [4.69, 9.17) is 9.47 Å². The van der Waals surface area contributed by atoms with E-state index in [0.717, 1.165) is 29.8 Å². The molecule has 0 N–H and O–H groups in total. The smallest absolute Gasteiger partial charge is 0.433 e. The van der Waals surface area contributed by atoms with E-state index >= 15 is 0 Å². The van der Waals surface area contributed by atoms with Gasteiger partial charge in [-0.2, -0.15) is 13.2 Å². The molecule has 1 aromatic heterocycles. The molecule has 26 heavy (non-hydrogen) atoms. The molecule has 1 aliphatic rings. The number of allylic oxidation sites excluding steroid dienone is 2. The fourth-order valence-electron chi connectivity index (χ4n) is 2.55. The van der Waals surface area contributed by atoms with Crippen LogP contribution in [0.3, 0.4) is 0 Å². The van der Waals surface area contributed by atoms with Gasteiger partial charge >= 0.3 is 6.18 Å². The van der Waals surface area contributed by atoms with Crippen molar-refractivity contribution >= 4 is 21.5 Å². The van der Waals surface area contributed by atoms with E-state index in [1.165, 1.54) is 23.4 Å². The molecule has 0 radical (unpaired) electrons. The summed E-state index contributed by atoms with van der Waals surface area (Å²) >= 11 is 3.52. The number of rotatable bonds is 6. The van der Waals surface area contributed by atoms with Gasteiger partial charge in [0, 0.05) is 17.1 Å². The minimum atomic E-state index is -4.44. The van der Waals surface area contributed by atoms with Crippen molar-refractivity contribution in [3.63, 3.8) is 0 Å². The van der Waals surface area contributed by atoms with E-state index in [1.807, 2.05) is 18.2 Å². The van der Waals surface area contributed by atoms with Gasteiger partial charge in [0.25, 0.3) is 0 Å². The Morgan fingerprint density at radius 2 is 1.92 bits per heavy atom. The largest absolute Gasteiger partial charge is 0.493 e. The van der Waals surface area contributed by atoms with Gasteiger partial charge in [-0.3, -0.25) is 4.98 Å². The number of hydrogen-bond acceptors (Lipinski definition) is 3. The Morgan fingerprint density at radius 1 is 1.15 bits per heavy atom. The molecule has 0 unspecified atom stereocenters. The zero-order valence-electron chi connectivity index (χ0n) is 14.1. The Balaban J connectivity index is 1.73. The number of hydrogen-bond donors (Lipinski definition) is 0. The van der Waals surface area contributed by atoms with Crippen molar-refractivity contribution in [2.75, 3.05) is 12.4 Å². The third-order valence-electron chi connectivity index (χ3n) is 4.08. The Kier molecular flexibility index (Phi) is 5.55. The van der Waals surface area contributed by atoms with Crippen LogP contribution in [0, 0.1) is 0 Å². The summed E-state index contributed by atoms with van der Waals surface area (Å²) in [6.07, 6.45) is -1.02. The number of alkyl halides is 4. The van der Waals surface area contributed by atoms with Crippen LogP contribution in [0.2, 0.25) is 0 Å². The molecule has 7 heteroatoms. The fourth-order valence-corrected chi connectivity index (χ4v) is 3.27. The number of halogens is 4. The average Bonchev–Trinajstić information content (AvgIpc) is 3.45. The minimum absolute atomic E-state index is 0.104. The van der Waals surface area contributed by atoms with Gasteiger partial charge in [-0.15, -0.1) is 0 Å². The van der Waals surface area contributed by atoms with E-state index < -0.39 is 11.9 Å². The minimum Gasteiger partial charge on any atom is -0.493 e. The van der Waals surface area contributed by atoms with Crippen molar-refractivity contribution in [2.24, 2.45) is 0 Å². The van der Waals surface area contributed by atoms with E-state index in [0.29, 0.717) is 17.1 Å². The average molecular weight is 428 g/mol. The molecule has 3 nitrogen and oxygen atoms in total. The van der Waals surface area contributed by atoms with E-state index in [1.54, 1.807) is 7.11 Å². The summed E-state index contributed by atoms with van der Waals surface area (Å²) in [5, 5.41) is 0.781. The van der Waals surface area contributed by atoms with Crippen LogP contribution in [0.1, 0.15) is 29.7 Å². The summed E-state index contributed by atoms with van der Waals surface area (Å²) in [7, 11) is 1.56. The predicted molar refractivity (Wildman–Crippen MR) is 96.5 cm³/mol. The molecule has 0 saturated heterocycles. The number of benzene rings is 1. The molecule has 1 aliphatic carbocycles. The molecular weight excluding hydrogens is 411 g/mol. The molecule has 0 atom stereocenters. The third-order valence-corrected chi connectivity index (χ3v) is 4.64. The van der Waals surface area contributed by atoms with Gasteiger partial charge in [0.05, 0.1) is 7.11 Å². The van der Waals surface area contributed by atoms with Crippen LogP contribution in [0.25, 0.3) is 5.57 Å². The maximum Gasteiger partial charge on any atom is 0.433 e. The lowest BCUT2D eigenvalue weighted by molar-refractivity contribution is -0.141. The first-order valence-electron chi connectivity index (χ1n) is 8.02. The van der Waals surface area contributed by atoms with Gasteiger partial charge in [-0.25, -0.2) is 0 Å². The highest BCUT2D eigenvalue weighted by Crippen LogP contribution is 2.39. The second kappa shape index (κ2) is 7.70. The van der Waals surface area contributed by atoms with Crippen molar-refractivity contribution in [3.8, 4) is 11.5 Å². The van der Waals surface area contributed by atoms with Crippen LogP contribution in [-0.4, -0.2) is 17.4 Å². The highest BCUT2D eigenvalue weighted by molar-refractivity contribution is 9.09. The van der Waals surface area contributed by atoms with Gasteiger partial charge in [0.1, 0.15) is 12.3 Å². The SMILES string of the molecule is COc1cc(C(CBr)=C2CC2)ccc1OCc1ccc(C(F)(F)F)nc1. The first-order valence-corrected chi connectivity index (χ1v) is 9.14. The van der Waals surface area contributed by atoms with Crippen LogP contribution in [-0.2, 0) is 12.8 Å². The lowest BCUT2D eigenvalue weighted by Gasteiger charge is -2.13. The highest BCUT2D eigenvalue weighted by Gasteiger charge is 2.32. The van der Waals surface area contributed by atoms with Crippen LogP contribution in [0.15, 0.2) is 42.1 Å². The van der Waals surface area contributed by atoms with Crippen molar-refractivity contribution in [2.45, 2.75) is 25.6 Å². The standard InChI is InChI=1S/C19H17BrF3NO2/c1-25-17-8-14(15(9-20)13-3-4-13)5-6-16(17)26-11-12-2-7-18(24-10-12)19(21,22)23/h2,5-8,10H,3-4,9,11H2,1H3. The molecule has 0 amide bonds. The van der Waals surface area contributed by atoms with E-state index in [-0.39, 0.29) is 6.61 Å². The van der Waals surface area contributed by atoms with Crippen LogP contribution in [0.5, 0.6) is 11.5 Å². The van der Waals surface area contributed by atoms with Crippen LogP contribution in [0.4, 0.5) is 13.2 Å². The van der Waals surface area contributed by atoms with Gasteiger partial charge in [0.15, 0.2) is 11.5 Å². The molecule has 0 bridgehead atoms. The summed E-state index contributed by atoms with van der Waals surface area (Å²) in [6, 6.07) is 8.00. The normalized spacial score (nSPS) is 13.5. The Labute approximate surface area is 158 Å². The van der Waals surface area contributed by atoms with Gasteiger partial charge in [-0.1, -0.05) is 33.6 Å². The fraction of sp³-hybridized carbons (Fsp3) is 0.316. The highest BCUT2D eigenvalue weighted by atomic mass is 79.9. The second-order valence-corrected chi connectivity index (χ2v) is 6.48. The van der Waals surface area contributed by atoms with Gasteiger partial charge in [0.2, 0.25) is 0 Å². The number of methoxy groups -OCH3 is 1. The maximum atomic E-state index is 12.5. The molecule has 3 rings (SSSR count). The van der Waals surface area contributed by atoms with Crippen LogP contribution >= 0.6 is 15.9 Å². The van der Waals surface area contributed by atoms with Crippen molar-refractivity contribution in [1.82, 2.24) is 4.98 Å². The summed E-state index contributed by atoms with van der Waals surface area (Å²) in [5.74, 6) is 1.12. The molecule has 138 valence electrons. The first kappa shape index (κ1) is 18.8. The first-order chi connectivity index (χ1) is 12.4. The molecule has 1 saturated carbocycles. The van der Waals surface area contributed by atoms with Crippen molar-refractivity contribution in [3.05, 3.63) is 58.9 Å². The molecule has 1 fully saturated rings. The molecule has 1 heterocycles. The summed E-state index contributed by atoms with van der Waals surface area (Å²) in [5.41, 5.74) is 3.41. The Bertz CT molecular complexity index is 811. The maximum absolute atomic E-state index is 12.5. The van der Waals surface area contributed by atoms with E-state index in [2.05, 4.69) is 20.9 Å². The molecule has 0 aliphatic heterocycles. The zero-order valence-corrected chi connectivity index (χ0v) is 15.7. The van der Waals surface area contributed by atoms with Crippen molar-refractivity contribution in [1.29, 1.82) is 0 Å².